The molecular formula is C13H17BrN4O2. The number of pyridine rings is 1. The zero-order valence-corrected chi connectivity index (χ0v) is 13.2. The number of halogens is 1. The van der Waals surface area contributed by atoms with Gasteiger partial charge in [0.15, 0.2) is 0 Å². The summed E-state index contributed by atoms with van der Waals surface area (Å²) in [5.74, 6) is 0.127. The quantitative estimate of drug-likeness (QED) is 0.591. The average molecular weight is 341 g/mol. The third-order valence-corrected chi connectivity index (χ3v) is 3.30. The molecule has 0 radical (unpaired) electrons. The lowest BCUT2D eigenvalue weighted by atomic mass is 9.92. The molecular weight excluding hydrogens is 324 g/mol. The number of anilines is 1. The van der Waals surface area contributed by atoms with Crippen LogP contribution in [0.4, 0.5) is 5.82 Å². The topological polar surface area (TPSA) is 78.7 Å². The van der Waals surface area contributed by atoms with E-state index in [-0.39, 0.29) is 12.0 Å². The predicted octanol–water partition coefficient (Wildman–Crippen LogP) is 2.31. The molecule has 3 N–H and O–H groups in total. The number of imidazole rings is 1. The van der Waals surface area contributed by atoms with Crippen molar-refractivity contribution in [3.8, 4) is 0 Å². The number of hydroxylamine groups is 1. The number of hydrogen-bond acceptors (Lipinski definition) is 4. The van der Waals surface area contributed by atoms with Crippen molar-refractivity contribution in [1.82, 2.24) is 14.9 Å². The summed E-state index contributed by atoms with van der Waals surface area (Å²) in [6.45, 7) is 6.20. The molecule has 0 atom stereocenters. The van der Waals surface area contributed by atoms with Crippen molar-refractivity contribution < 1.29 is 10.0 Å². The van der Waals surface area contributed by atoms with Gasteiger partial charge < -0.3 is 9.72 Å². The fourth-order valence-electron chi connectivity index (χ4n) is 2.06. The van der Waals surface area contributed by atoms with Gasteiger partial charge in [-0.15, -0.1) is 0 Å². The third kappa shape index (κ3) is 2.94. The highest BCUT2D eigenvalue weighted by molar-refractivity contribution is 9.10. The third-order valence-electron chi connectivity index (χ3n) is 2.83. The van der Waals surface area contributed by atoms with Crippen LogP contribution >= 0.6 is 15.9 Å². The van der Waals surface area contributed by atoms with Crippen LogP contribution in [0.5, 0.6) is 0 Å². The summed E-state index contributed by atoms with van der Waals surface area (Å²) < 4.78 is 2.94. The fraction of sp³-hybridized carbons (Fsp3) is 0.385. The maximum Gasteiger partial charge on any atom is 0.262 e. The molecule has 0 aliphatic rings. The molecule has 2 aromatic heterocycles. The van der Waals surface area contributed by atoms with E-state index < -0.39 is 5.91 Å². The van der Waals surface area contributed by atoms with Crippen LogP contribution in [-0.4, -0.2) is 27.0 Å². The Morgan fingerprint density at radius 3 is 2.75 bits per heavy atom. The Balaban J connectivity index is 2.50. The maximum absolute atomic E-state index is 11.1. The van der Waals surface area contributed by atoms with Gasteiger partial charge in [0.05, 0.1) is 12.2 Å². The molecule has 7 heteroatoms. The second-order valence-electron chi connectivity index (χ2n) is 5.52. The van der Waals surface area contributed by atoms with Gasteiger partial charge in [0.1, 0.15) is 11.5 Å². The highest BCUT2D eigenvalue weighted by Crippen LogP contribution is 2.31. The van der Waals surface area contributed by atoms with Crippen molar-refractivity contribution >= 4 is 33.3 Å². The average Bonchev–Trinajstić information content (AvgIpc) is 2.73. The Kier molecular flexibility index (Phi) is 4.01. The second-order valence-corrected chi connectivity index (χ2v) is 6.44. The molecule has 0 saturated carbocycles. The molecule has 20 heavy (non-hydrogen) atoms. The monoisotopic (exact) mass is 340 g/mol. The Morgan fingerprint density at radius 1 is 1.45 bits per heavy atom. The highest BCUT2D eigenvalue weighted by atomic mass is 79.9. The largest absolute Gasteiger partial charge is 0.359 e. The predicted molar refractivity (Wildman–Crippen MR) is 80.0 cm³/mol. The fourth-order valence-corrected chi connectivity index (χ4v) is 2.40. The van der Waals surface area contributed by atoms with Gasteiger partial charge in [0.25, 0.3) is 5.91 Å². The van der Waals surface area contributed by atoms with E-state index in [0.717, 1.165) is 15.8 Å². The van der Waals surface area contributed by atoms with Crippen molar-refractivity contribution in [3.05, 3.63) is 28.5 Å². The molecule has 0 aliphatic carbocycles. The van der Waals surface area contributed by atoms with E-state index in [0.29, 0.717) is 5.82 Å². The minimum absolute atomic E-state index is 0.0371. The van der Waals surface area contributed by atoms with Crippen molar-refractivity contribution in [3.63, 3.8) is 0 Å². The van der Waals surface area contributed by atoms with E-state index in [1.165, 1.54) is 0 Å². The standard InChI is InChI=1S/C13H17BrN4O2/c1-13(2,3)11-12(15-6-10(19)17-20)16-9-5-4-8(14)7-18(9)11/h4-5,7,15,20H,6H2,1-3H3,(H,17,19). The molecule has 0 aromatic carbocycles. The lowest BCUT2D eigenvalue weighted by Gasteiger charge is -2.20. The van der Waals surface area contributed by atoms with Crippen LogP contribution in [-0.2, 0) is 10.2 Å². The zero-order chi connectivity index (χ0) is 14.9. The van der Waals surface area contributed by atoms with E-state index in [1.54, 1.807) is 5.48 Å². The molecule has 0 aliphatic heterocycles. The molecule has 2 aromatic rings. The smallest absolute Gasteiger partial charge is 0.262 e. The zero-order valence-electron chi connectivity index (χ0n) is 11.6. The van der Waals surface area contributed by atoms with Gasteiger partial charge in [-0.1, -0.05) is 20.8 Å². The number of hydrogen-bond donors (Lipinski definition) is 3. The molecule has 2 rings (SSSR count). The van der Waals surface area contributed by atoms with Crippen molar-refractivity contribution in [2.24, 2.45) is 0 Å². The summed E-state index contributed by atoms with van der Waals surface area (Å²) in [6, 6.07) is 3.82. The highest BCUT2D eigenvalue weighted by Gasteiger charge is 2.24. The molecule has 1 amide bonds. The number of carbonyl (C=O) groups excluding carboxylic acids is 1. The van der Waals surface area contributed by atoms with Crippen LogP contribution in [0.15, 0.2) is 22.8 Å². The van der Waals surface area contributed by atoms with E-state index in [2.05, 4.69) is 47.0 Å². The first-order valence-electron chi connectivity index (χ1n) is 6.18. The van der Waals surface area contributed by atoms with Crippen LogP contribution in [0.25, 0.3) is 5.65 Å². The van der Waals surface area contributed by atoms with E-state index in [1.807, 2.05) is 22.7 Å². The number of amides is 1. The number of nitrogens with one attached hydrogen (secondary N) is 2. The number of aromatic nitrogens is 2. The first-order chi connectivity index (χ1) is 9.32. The summed E-state index contributed by atoms with van der Waals surface area (Å²) in [5.41, 5.74) is 3.21. The Morgan fingerprint density at radius 2 is 2.15 bits per heavy atom. The lowest BCUT2D eigenvalue weighted by molar-refractivity contribution is -0.127. The van der Waals surface area contributed by atoms with Crippen LogP contribution < -0.4 is 10.8 Å². The van der Waals surface area contributed by atoms with Crippen molar-refractivity contribution in [2.75, 3.05) is 11.9 Å². The summed E-state index contributed by atoms with van der Waals surface area (Å²) in [6.07, 6.45) is 1.94. The second kappa shape index (κ2) is 5.41. The van der Waals surface area contributed by atoms with Gasteiger partial charge >= 0.3 is 0 Å². The summed E-state index contributed by atoms with van der Waals surface area (Å²) in [4.78, 5) is 15.6. The number of carbonyl (C=O) groups is 1. The van der Waals surface area contributed by atoms with Crippen molar-refractivity contribution in [1.29, 1.82) is 0 Å². The summed E-state index contributed by atoms with van der Waals surface area (Å²) >= 11 is 3.45. The number of fused-ring (bicyclic) bond motifs is 1. The minimum atomic E-state index is -0.511. The van der Waals surface area contributed by atoms with E-state index in [9.17, 15) is 4.79 Å². The lowest BCUT2D eigenvalue weighted by Crippen LogP contribution is -2.28. The molecule has 0 spiro atoms. The number of rotatable bonds is 3. The molecule has 2 heterocycles. The number of nitrogens with zero attached hydrogens (tertiary/aromatic N) is 2. The van der Waals surface area contributed by atoms with Crippen LogP contribution in [0, 0.1) is 0 Å². The van der Waals surface area contributed by atoms with E-state index in [4.69, 9.17) is 5.21 Å². The van der Waals surface area contributed by atoms with Gasteiger partial charge in [-0.25, -0.2) is 10.5 Å². The molecule has 0 bridgehead atoms. The SMILES string of the molecule is CC(C)(C)c1c(NCC(=O)NO)nc2ccc(Br)cn12. The maximum atomic E-state index is 11.1. The van der Waals surface area contributed by atoms with Gasteiger partial charge in [-0.2, -0.15) is 0 Å². The summed E-state index contributed by atoms with van der Waals surface area (Å²) in [5, 5.41) is 11.5. The molecule has 0 saturated heterocycles. The van der Waals surface area contributed by atoms with E-state index >= 15 is 0 Å². The minimum Gasteiger partial charge on any atom is -0.359 e. The molecule has 0 fully saturated rings. The first-order valence-corrected chi connectivity index (χ1v) is 6.97. The Hall–Kier alpha value is -1.60. The first kappa shape index (κ1) is 14.8. The van der Waals surface area contributed by atoms with Gasteiger partial charge in [-0.05, 0) is 28.1 Å². The Bertz CT molecular complexity index is 646. The van der Waals surface area contributed by atoms with Crippen LogP contribution in [0.2, 0.25) is 0 Å². The summed E-state index contributed by atoms with van der Waals surface area (Å²) in [7, 11) is 0. The van der Waals surface area contributed by atoms with Crippen LogP contribution in [0.1, 0.15) is 26.5 Å². The van der Waals surface area contributed by atoms with Crippen LogP contribution in [0.3, 0.4) is 0 Å². The van der Waals surface area contributed by atoms with Gasteiger partial charge in [0.2, 0.25) is 0 Å². The molecule has 6 nitrogen and oxygen atoms in total. The normalized spacial score (nSPS) is 11.7. The van der Waals surface area contributed by atoms with Crippen molar-refractivity contribution in [2.45, 2.75) is 26.2 Å². The molecule has 108 valence electrons. The Labute approximate surface area is 125 Å². The van der Waals surface area contributed by atoms with Gasteiger partial charge in [-0.3, -0.25) is 10.0 Å². The van der Waals surface area contributed by atoms with Gasteiger partial charge in [0, 0.05) is 16.1 Å². The molecule has 0 unspecified atom stereocenters.